The number of benzene rings is 1. The lowest BCUT2D eigenvalue weighted by atomic mass is 10.2. The van der Waals surface area contributed by atoms with Gasteiger partial charge >= 0.3 is 0 Å². The molecule has 0 atom stereocenters. The molecule has 11 nitrogen and oxygen atoms in total. The fourth-order valence-corrected chi connectivity index (χ4v) is 2.36. The Kier molecular flexibility index (Phi) is 2.22. The first-order chi connectivity index (χ1) is 9.82. The predicted molar refractivity (Wildman–Crippen MR) is 66.3 cm³/mol. The first kappa shape index (κ1) is 12.8. The summed E-state index contributed by atoms with van der Waals surface area (Å²) in [4.78, 5) is 10.9. The minimum atomic E-state index is -0.841. The minimum absolute atomic E-state index is 0.156. The van der Waals surface area contributed by atoms with E-state index in [-0.39, 0.29) is 32.1 Å². The van der Waals surface area contributed by atoms with Gasteiger partial charge in [-0.15, -0.1) is 4.91 Å². The number of fused-ring (bicyclic) bond motifs is 3. The van der Waals surface area contributed by atoms with Gasteiger partial charge in [-0.25, -0.2) is 9.46 Å². The second kappa shape index (κ2) is 3.65. The lowest BCUT2D eigenvalue weighted by Gasteiger charge is -2.02. The molecular formula is C10H9N5O6. The molecule has 0 bridgehead atoms. The van der Waals surface area contributed by atoms with Crippen molar-refractivity contribution >= 4 is 27.8 Å². The molecule has 21 heavy (non-hydrogen) atoms. The van der Waals surface area contributed by atoms with Crippen molar-refractivity contribution in [2.75, 3.05) is 0 Å². The summed E-state index contributed by atoms with van der Waals surface area (Å²) in [5.74, 6) is -1.32. The molecule has 1 aromatic carbocycles. The van der Waals surface area contributed by atoms with E-state index in [1.165, 1.54) is 13.8 Å². The predicted octanol–water partition coefficient (Wildman–Crippen LogP) is 0.0577. The topological polar surface area (TPSA) is 154 Å². The molecule has 11 heteroatoms. The maximum atomic E-state index is 12.1. The normalized spacial score (nSPS) is 11.5. The van der Waals surface area contributed by atoms with Crippen LogP contribution in [0.4, 0.5) is 5.69 Å². The SMILES string of the molecule is Cc1n(O)c2c(c(O)c(N=O)c3c2[n+]([O-])c(C)n3O)[n+]1[O-]. The van der Waals surface area contributed by atoms with Crippen LogP contribution in [0.5, 0.6) is 5.75 Å². The quantitative estimate of drug-likeness (QED) is 0.249. The highest BCUT2D eigenvalue weighted by Gasteiger charge is 2.36. The van der Waals surface area contributed by atoms with Gasteiger partial charge in [0.1, 0.15) is 0 Å². The molecule has 0 saturated heterocycles. The third-order valence-electron chi connectivity index (χ3n) is 3.47. The molecule has 0 radical (unpaired) electrons. The third kappa shape index (κ3) is 1.22. The largest absolute Gasteiger partial charge is 0.710 e. The number of nitroso groups, excluding NO2 is 1. The smallest absolute Gasteiger partial charge is 0.297 e. The van der Waals surface area contributed by atoms with E-state index in [4.69, 9.17) is 0 Å². The zero-order valence-electron chi connectivity index (χ0n) is 10.8. The summed E-state index contributed by atoms with van der Waals surface area (Å²) in [7, 11) is 0. The van der Waals surface area contributed by atoms with Gasteiger partial charge < -0.3 is 25.9 Å². The zero-order valence-corrected chi connectivity index (χ0v) is 10.8. The second-order valence-corrected chi connectivity index (χ2v) is 4.49. The summed E-state index contributed by atoms with van der Waals surface area (Å²) in [5, 5.41) is 56.4. The van der Waals surface area contributed by atoms with Crippen molar-refractivity contribution in [3.63, 3.8) is 0 Å². The van der Waals surface area contributed by atoms with Crippen LogP contribution in [0, 0.1) is 29.2 Å². The molecular weight excluding hydrogens is 286 g/mol. The van der Waals surface area contributed by atoms with Crippen LogP contribution in [0.3, 0.4) is 0 Å². The van der Waals surface area contributed by atoms with Gasteiger partial charge in [0.25, 0.3) is 22.7 Å². The lowest BCUT2D eigenvalue weighted by Crippen LogP contribution is -2.29. The monoisotopic (exact) mass is 295 g/mol. The first-order valence-corrected chi connectivity index (χ1v) is 5.68. The molecule has 110 valence electrons. The Hall–Kier alpha value is -3.24. The molecule has 0 aliphatic heterocycles. The second-order valence-electron chi connectivity index (χ2n) is 4.49. The number of phenols is 1. The van der Waals surface area contributed by atoms with Crippen molar-refractivity contribution < 1.29 is 25.0 Å². The molecule has 2 heterocycles. The fourth-order valence-electron chi connectivity index (χ4n) is 2.36. The molecule has 0 unspecified atom stereocenters. The van der Waals surface area contributed by atoms with Crippen LogP contribution < -0.4 is 9.46 Å². The molecule has 3 rings (SSSR count). The average molecular weight is 295 g/mol. The van der Waals surface area contributed by atoms with Gasteiger partial charge in [-0.05, 0) is 14.6 Å². The van der Waals surface area contributed by atoms with Gasteiger partial charge in [0, 0.05) is 13.8 Å². The summed E-state index contributed by atoms with van der Waals surface area (Å²) in [6.45, 7) is 2.48. The molecule has 0 aliphatic carbocycles. The molecule has 0 fully saturated rings. The van der Waals surface area contributed by atoms with E-state index in [2.05, 4.69) is 5.18 Å². The average Bonchev–Trinajstić information content (AvgIpc) is 2.81. The molecule has 2 aromatic heterocycles. The number of aromatic nitrogens is 4. The number of nitrogens with zero attached hydrogens (tertiary/aromatic N) is 5. The molecule has 3 N–H and O–H groups in total. The van der Waals surface area contributed by atoms with E-state index in [9.17, 15) is 30.8 Å². The fraction of sp³-hybridized carbons (Fsp3) is 0.200. The van der Waals surface area contributed by atoms with Gasteiger partial charge in [-0.3, -0.25) is 0 Å². The summed E-state index contributed by atoms with van der Waals surface area (Å²) < 4.78 is 1.13. The highest BCUT2D eigenvalue weighted by atomic mass is 16.5. The van der Waals surface area contributed by atoms with E-state index < -0.39 is 22.5 Å². The standard InChI is InChI=1S/C10H9N5O6/c1-3-12(18)6-5(11-17)10(16)9-8(7(6)13(3)19)14(20)4(2)15(9)21/h16,18,20H,1-2H3. The van der Waals surface area contributed by atoms with E-state index in [1.807, 2.05) is 0 Å². The number of rotatable bonds is 1. The van der Waals surface area contributed by atoms with Crippen LogP contribution in [-0.2, 0) is 0 Å². The van der Waals surface area contributed by atoms with Gasteiger partial charge in [-0.1, -0.05) is 0 Å². The van der Waals surface area contributed by atoms with Gasteiger partial charge in [0.2, 0.25) is 22.5 Å². The first-order valence-electron chi connectivity index (χ1n) is 5.68. The van der Waals surface area contributed by atoms with Crippen LogP contribution in [0.1, 0.15) is 11.6 Å². The van der Waals surface area contributed by atoms with Crippen LogP contribution in [-0.4, -0.2) is 25.0 Å². The Bertz CT molecular complexity index is 940. The number of hydrogen-bond acceptors (Lipinski definition) is 7. The number of phenolic OH excluding ortho intramolecular Hbond substituents is 1. The van der Waals surface area contributed by atoms with Crippen molar-refractivity contribution in [2.45, 2.75) is 13.8 Å². The summed E-state index contributed by atoms with van der Waals surface area (Å²) in [6.07, 6.45) is 0. The number of imidazole rings is 2. The van der Waals surface area contributed by atoms with E-state index in [0.717, 1.165) is 0 Å². The van der Waals surface area contributed by atoms with Crippen LogP contribution in [0.2, 0.25) is 0 Å². The maximum Gasteiger partial charge on any atom is 0.297 e. The molecule has 0 amide bonds. The molecule has 0 spiro atoms. The Morgan fingerprint density at radius 3 is 2.00 bits per heavy atom. The zero-order chi connectivity index (χ0) is 15.6. The molecule has 0 aliphatic rings. The van der Waals surface area contributed by atoms with Gasteiger partial charge in [0.15, 0.2) is 0 Å². The lowest BCUT2D eigenvalue weighted by molar-refractivity contribution is -0.588. The Morgan fingerprint density at radius 2 is 1.48 bits per heavy atom. The van der Waals surface area contributed by atoms with Crippen LogP contribution >= 0.6 is 0 Å². The Balaban J connectivity index is 2.83. The Labute approximate surface area is 115 Å². The summed E-state index contributed by atoms with van der Waals surface area (Å²) >= 11 is 0. The van der Waals surface area contributed by atoms with E-state index >= 15 is 0 Å². The minimum Gasteiger partial charge on any atom is -0.710 e. The van der Waals surface area contributed by atoms with Gasteiger partial charge in [0.05, 0.1) is 0 Å². The summed E-state index contributed by atoms with van der Waals surface area (Å²) in [5.41, 5.74) is -2.28. The maximum absolute atomic E-state index is 12.1. The van der Waals surface area contributed by atoms with Crippen molar-refractivity contribution in [3.05, 3.63) is 27.0 Å². The molecule has 0 saturated carbocycles. The Morgan fingerprint density at radius 1 is 1.00 bits per heavy atom. The van der Waals surface area contributed by atoms with Crippen molar-refractivity contribution in [2.24, 2.45) is 5.18 Å². The van der Waals surface area contributed by atoms with Gasteiger partial charge in [-0.2, -0.15) is 0 Å². The number of aromatic hydroxyl groups is 1. The summed E-state index contributed by atoms with van der Waals surface area (Å²) in [6, 6.07) is 0. The van der Waals surface area contributed by atoms with Crippen LogP contribution in [0.25, 0.3) is 22.1 Å². The van der Waals surface area contributed by atoms with Crippen LogP contribution in [0.15, 0.2) is 5.18 Å². The van der Waals surface area contributed by atoms with Crippen molar-refractivity contribution in [3.8, 4) is 5.75 Å². The highest BCUT2D eigenvalue weighted by molar-refractivity contribution is 6.08. The van der Waals surface area contributed by atoms with Crippen molar-refractivity contribution in [1.29, 1.82) is 0 Å². The van der Waals surface area contributed by atoms with Crippen molar-refractivity contribution in [1.82, 2.24) is 9.46 Å². The van der Waals surface area contributed by atoms with E-state index in [0.29, 0.717) is 9.46 Å². The number of hydrogen-bond donors (Lipinski definition) is 3. The highest BCUT2D eigenvalue weighted by Crippen LogP contribution is 2.41. The molecule has 3 aromatic rings. The van der Waals surface area contributed by atoms with E-state index in [1.54, 1.807) is 0 Å². The third-order valence-corrected chi connectivity index (χ3v) is 3.47.